The number of carbonyl (C=O) groups is 1. The van der Waals surface area contributed by atoms with Gasteiger partial charge in [0.05, 0.1) is 28.8 Å². The Morgan fingerprint density at radius 2 is 1.80 bits per heavy atom. The minimum absolute atomic E-state index is 0.0535. The summed E-state index contributed by atoms with van der Waals surface area (Å²) in [4.78, 5) is 16.5. The maximum absolute atomic E-state index is 12.4. The minimum atomic E-state index is -0.881. The molecule has 2 aromatic carbocycles. The number of carbonyl (C=O) groups excluding carboxylic acids is 1. The molecule has 35 heavy (non-hydrogen) atoms. The predicted molar refractivity (Wildman–Crippen MR) is 136 cm³/mol. The second-order valence-corrected chi connectivity index (χ2v) is 9.23. The number of nitrogens with zero attached hydrogens (tertiary/aromatic N) is 1. The van der Waals surface area contributed by atoms with Gasteiger partial charge in [-0.3, -0.25) is 4.79 Å². The number of aliphatic hydroxyl groups excluding tert-OH is 2. The van der Waals surface area contributed by atoms with E-state index in [4.69, 9.17) is 23.2 Å². The third-order valence-electron chi connectivity index (χ3n) is 5.49. The molecule has 0 saturated carbocycles. The molecule has 1 heterocycles. The molecule has 2 atom stereocenters. The zero-order valence-corrected chi connectivity index (χ0v) is 20.9. The fourth-order valence-corrected chi connectivity index (χ4v) is 3.94. The number of nitrogens with one attached hydrogen (secondary N) is 2. The van der Waals surface area contributed by atoms with E-state index in [9.17, 15) is 20.1 Å². The van der Waals surface area contributed by atoms with Crippen molar-refractivity contribution in [3.05, 3.63) is 92.7 Å². The van der Waals surface area contributed by atoms with Crippen molar-refractivity contribution in [1.29, 1.82) is 0 Å². The fraction of sp³-hybridized carbons (Fsp3) is 0.308. The van der Waals surface area contributed by atoms with Crippen molar-refractivity contribution in [1.82, 2.24) is 15.6 Å². The summed E-state index contributed by atoms with van der Waals surface area (Å²) in [5.74, 6) is -0.195. The van der Waals surface area contributed by atoms with Crippen molar-refractivity contribution in [2.45, 2.75) is 45.1 Å². The standard InChI is InChI=1S/C26H29Cl2N3O4/c1-16(29-14-25(34)22-7-8-24(33)23(15-32)31-22)9-17-3-2-4-18(10-17)12-26(35)30-13-19-5-6-20(27)21(28)11-19/h2-8,10-11,16,25,29,32-34H,9,12-15H2,1H3,(H,30,35)/t16-,25?/m1/s1. The number of amides is 1. The summed E-state index contributed by atoms with van der Waals surface area (Å²) in [6, 6.07) is 16.1. The lowest BCUT2D eigenvalue weighted by atomic mass is 10.0. The first-order valence-corrected chi connectivity index (χ1v) is 12.0. The lowest BCUT2D eigenvalue weighted by Gasteiger charge is -2.18. The summed E-state index contributed by atoms with van der Waals surface area (Å²) in [6.07, 6.45) is 0.0834. The summed E-state index contributed by atoms with van der Waals surface area (Å²) in [5.41, 5.74) is 3.36. The summed E-state index contributed by atoms with van der Waals surface area (Å²) < 4.78 is 0. The second kappa shape index (κ2) is 12.9. The molecule has 5 N–H and O–H groups in total. The largest absolute Gasteiger partial charge is 0.506 e. The molecule has 0 aliphatic heterocycles. The van der Waals surface area contributed by atoms with Crippen molar-refractivity contribution < 1.29 is 20.1 Å². The molecular weight excluding hydrogens is 489 g/mol. The molecule has 186 valence electrons. The number of aromatic nitrogens is 1. The molecule has 7 nitrogen and oxygen atoms in total. The molecule has 0 fully saturated rings. The van der Waals surface area contributed by atoms with Crippen molar-refractivity contribution in [2.24, 2.45) is 0 Å². The van der Waals surface area contributed by atoms with Gasteiger partial charge in [-0.15, -0.1) is 0 Å². The van der Waals surface area contributed by atoms with Crippen molar-refractivity contribution >= 4 is 29.1 Å². The molecular formula is C26H29Cl2N3O4. The van der Waals surface area contributed by atoms with Gasteiger partial charge in [0.15, 0.2) is 0 Å². The van der Waals surface area contributed by atoms with Gasteiger partial charge in [0.2, 0.25) is 5.91 Å². The Labute approximate surface area is 214 Å². The van der Waals surface area contributed by atoms with Gasteiger partial charge in [0, 0.05) is 19.1 Å². The van der Waals surface area contributed by atoms with E-state index in [-0.39, 0.29) is 36.4 Å². The molecule has 3 aromatic rings. The van der Waals surface area contributed by atoms with E-state index in [2.05, 4.69) is 15.6 Å². The Kier molecular flexibility index (Phi) is 9.89. The summed E-state index contributed by atoms with van der Waals surface area (Å²) in [7, 11) is 0. The Balaban J connectivity index is 1.48. The number of rotatable bonds is 11. The Hall–Kier alpha value is -2.68. The van der Waals surface area contributed by atoms with Gasteiger partial charge < -0.3 is 26.0 Å². The topological polar surface area (TPSA) is 115 Å². The maximum Gasteiger partial charge on any atom is 0.224 e. The normalized spacial score (nSPS) is 12.8. The highest BCUT2D eigenvalue weighted by Crippen LogP contribution is 2.22. The molecule has 3 rings (SSSR count). The van der Waals surface area contributed by atoms with Crippen LogP contribution < -0.4 is 10.6 Å². The van der Waals surface area contributed by atoms with Crippen molar-refractivity contribution in [3.63, 3.8) is 0 Å². The van der Waals surface area contributed by atoms with Crippen LogP contribution in [0, 0.1) is 0 Å². The van der Waals surface area contributed by atoms with Crippen LogP contribution in [0.5, 0.6) is 5.75 Å². The number of aromatic hydroxyl groups is 1. The van der Waals surface area contributed by atoms with Crippen LogP contribution in [0.1, 0.15) is 41.1 Å². The number of hydrogen-bond donors (Lipinski definition) is 5. The summed E-state index contributed by atoms with van der Waals surface area (Å²) in [5, 5.41) is 36.4. The monoisotopic (exact) mass is 517 g/mol. The average molecular weight is 518 g/mol. The van der Waals surface area contributed by atoms with E-state index in [1.165, 1.54) is 12.1 Å². The van der Waals surface area contributed by atoms with Gasteiger partial charge >= 0.3 is 0 Å². The van der Waals surface area contributed by atoms with Gasteiger partial charge in [0.25, 0.3) is 0 Å². The average Bonchev–Trinajstić information content (AvgIpc) is 2.83. The zero-order valence-electron chi connectivity index (χ0n) is 19.3. The first-order valence-electron chi connectivity index (χ1n) is 11.2. The maximum atomic E-state index is 12.4. The number of benzene rings is 2. The number of hydrogen-bond acceptors (Lipinski definition) is 6. The third kappa shape index (κ3) is 8.19. The van der Waals surface area contributed by atoms with E-state index >= 15 is 0 Å². The highest BCUT2D eigenvalue weighted by Gasteiger charge is 2.14. The van der Waals surface area contributed by atoms with Gasteiger partial charge in [-0.1, -0.05) is 53.5 Å². The van der Waals surface area contributed by atoms with Crippen molar-refractivity contribution in [3.8, 4) is 5.75 Å². The van der Waals surface area contributed by atoms with E-state index in [1.807, 2.05) is 37.3 Å². The highest BCUT2D eigenvalue weighted by atomic mass is 35.5. The van der Waals surface area contributed by atoms with E-state index in [0.717, 1.165) is 16.7 Å². The molecule has 9 heteroatoms. The quantitative estimate of drug-likeness (QED) is 0.265. The van der Waals surface area contributed by atoms with Crippen LogP contribution in [0.15, 0.2) is 54.6 Å². The molecule has 1 aromatic heterocycles. The van der Waals surface area contributed by atoms with Crippen LogP contribution in [0.4, 0.5) is 0 Å². The van der Waals surface area contributed by atoms with Crippen molar-refractivity contribution in [2.75, 3.05) is 6.54 Å². The smallest absolute Gasteiger partial charge is 0.224 e. The lowest BCUT2D eigenvalue weighted by Crippen LogP contribution is -2.32. The van der Waals surface area contributed by atoms with Gasteiger partial charge in [0.1, 0.15) is 17.5 Å². The van der Waals surface area contributed by atoms with Gasteiger partial charge in [-0.05, 0) is 54.3 Å². The number of aliphatic hydroxyl groups is 2. The molecule has 1 amide bonds. The Morgan fingerprint density at radius 1 is 1.03 bits per heavy atom. The lowest BCUT2D eigenvalue weighted by molar-refractivity contribution is -0.120. The van der Waals surface area contributed by atoms with Crippen LogP contribution in [-0.2, 0) is 30.8 Å². The van der Waals surface area contributed by atoms with E-state index in [0.29, 0.717) is 28.7 Å². The summed E-state index contributed by atoms with van der Waals surface area (Å²) >= 11 is 11.9. The van der Waals surface area contributed by atoms with Crippen LogP contribution in [0.3, 0.4) is 0 Å². The van der Waals surface area contributed by atoms with Crippen LogP contribution in [0.25, 0.3) is 0 Å². The van der Waals surface area contributed by atoms with E-state index in [1.54, 1.807) is 12.1 Å². The summed E-state index contributed by atoms with van der Waals surface area (Å²) in [6.45, 7) is 2.24. The predicted octanol–water partition coefficient (Wildman–Crippen LogP) is 3.70. The van der Waals surface area contributed by atoms with E-state index < -0.39 is 12.7 Å². The fourth-order valence-electron chi connectivity index (χ4n) is 3.62. The Morgan fingerprint density at radius 3 is 2.54 bits per heavy atom. The highest BCUT2D eigenvalue weighted by molar-refractivity contribution is 6.42. The van der Waals surface area contributed by atoms with Gasteiger partial charge in [-0.25, -0.2) is 4.98 Å². The minimum Gasteiger partial charge on any atom is -0.506 e. The third-order valence-corrected chi connectivity index (χ3v) is 6.23. The SMILES string of the molecule is C[C@H](Cc1cccc(CC(=O)NCc2ccc(Cl)c(Cl)c2)c1)NCC(O)c1ccc(O)c(CO)n1. The molecule has 1 unspecified atom stereocenters. The number of pyridine rings is 1. The first kappa shape index (κ1) is 26.9. The second-order valence-electron chi connectivity index (χ2n) is 8.41. The first-order chi connectivity index (χ1) is 16.7. The molecule has 0 aliphatic carbocycles. The Bertz CT molecular complexity index is 1160. The molecule has 0 saturated heterocycles. The number of halogens is 2. The zero-order chi connectivity index (χ0) is 25.4. The van der Waals surface area contributed by atoms with Crippen LogP contribution in [0.2, 0.25) is 10.0 Å². The van der Waals surface area contributed by atoms with Gasteiger partial charge in [-0.2, -0.15) is 0 Å². The molecule has 0 aliphatic rings. The van der Waals surface area contributed by atoms with Crippen LogP contribution >= 0.6 is 23.2 Å². The molecule has 0 radical (unpaired) electrons. The molecule has 0 spiro atoms. The molecule has 0 bridgehead atoms. The van der Waals surface area contributed by atoms with Crippen LogP contribution in [-0.4, -0.2) is 38.8 Å².